The van der Waals surface area contributed by atoms with E-state index in [-0.39, 0.29) is 11.7 Å². The number of carbonyl (C=O) groups excluding carboxylic acids is 2. The Kier molecular flexibility index (Phi) is 6.18. The Balaban J connectivity index is 1.49. The van der Waals surface area contributed by atoms with Gasteiger partial charge in [0.2, 0.25) is 0 Å². The molecule has 0 aliphatic carbocycles. The Hall–Kier alpha value is -3.45. The van der Waals surface area contributed by atoms with Gasteiger partial charge in [0.05, 0.1) is 12.7 Å². The number of amides is 1. The second-order valence-electron chi connectivity index (χ2n) is 5.87. The number of carbonyl (C=O) groups is 2. The summed E-state index contributed by atoms with van der Waals surface area (Å²) in [4.78, 5) is 23.4. The number of ether oxygens (including phenoxy) is 2. The minimum atomic E-state index is -0.436. The number of nitrogens with one attached hydrogen (secondary N) is 2. The fraction of sp³-hybridized carbons (Fsp3) is 0.0952. The van der Waals surface area contributed by atoms with Crippen molar-refractivity contribution in [3.8, 4) is 5.75 Å². The molecule has 0 radical (unpaired) electrons. The van der Waals surface area contributed by atoms with Gasteiger partial charge >= 0.3 is 5.97 Å². The second kappa shape index (κ2) is 8.96. The summed E-state index contributed by atoms with van der Waals surface area (Å²) in [7, 11) is 1.31. The van der Waals surface area contributed by atoms with Crippen molar-refractivity contribution >= 4 is 45.7 Å². The van der Waals surface area contributed by atoms with Crippen LogP contribution in [-0.4, -0.2) is 30.7 Å². The summed E-state index contributed by atoms with van der Waals surface area (Å²) < 4.78 is 10.0. The van der Waals surface area contributed by atoms with Crippen molar-refractivity contribution < 1.29 is 19.1 Å². The van der Waals surface area contributed by atoms with Crippen LogP contribution < -0.4 is 15.4 Å². The molecule has 142 valence electrons. The molecule has 3 aromatic carbocycles. The maximum Gasteiger partial charge on any atom is 0.337 e. The number of thiocarbonyl (C=S) groups is 1. The monoisotopic (exact) mass is 394 g/mol. The molecule has 0 saturated carbocycles. The summed E-state index contributed by atoms with van der Waals surface area (Å²) in [6.45, 7) is -0.211. The molecule has 0 atom stereocenters. The molecule has 0 heterocycles. The van der Waals surface area contributed by atoms with Crippen molar-refractivity contribution in [2.24, 2.45) is 0 Å². The zero-order valence-corrected chi connectivity index (χ0v) is 15.9. The van der Waals surface area contributed by atoms with E-state index in [2.05, 4.69) is 15.4 Å². The standard InChI is InChI=1S/C21H18N2O4S/c1-26-20(25)15-7-10-18(11-8-15)27-13-19(24)23-21(28)22-17-9-6-14-4-2-3-5-16(14)12-17/h2-12H,13H2,1H3,(H2,22,23,24,28). The van der Waals surface area contributed by atoms with Crippen molar-refractivity contribution in [1.29, 1.82) is 0 Å². The number of rotatable bonds is 5. The van der Waals surface area contributed by atoms with Crippen LogP contribution in [0.15, 0.2) is 66.7 Å². The number of fused-ring (bicyclic) bond motifs is 1. The van der Waals surface area contributed by atoms with E-state index in [4.69, 9.17) is 17.0 Å². The van der Waals surface area contributed by atoms with E-state index >= 15 is 0 Å². The van der Waals surface area contributed by atoms with Crippen LogP contribution in [0.3, 0.4) is 0 Å². The molecule has 0 unspecified atom stereocenters. The Morgan fingerprint density at radius 1 is 0.964 bits per heavy atom. The molecule has 0 aliphatic rings. The highest BCUT2D eigenvalue weighted by Crippen LogP contribution is 2.18. The van der Waals surface area contributed by atoms with Crippen LogP contribution in [-0.2, 0) is 9.53 Å². The van der Waals surface area contributed by atoms with Crippen LogP contribution in [0.25, 0.3) is 10.8 Å². The van der Waals surface area contributed by atoms with Gasteiger partial charge in [0.1, 0.15) is 5.75 Å². The summed E-state index contributed by atoms with van der Waals surface area (Å²) in [5, 5.41) is 7.92. The van der Waals surface area contributed by atoms with Gasteiger partial charge in [-0.2, -0.15) is 0 Å². The molecule has 3 rings (SSSR count). The maximum atomic E-state index is 12.0. The summed E-state index contributed by atoms with van der Waals surface area (Å²) in [6, 6.07) is 20.1. The van der Waals surface area contributed by atoms with Gasteiger partial charge in [0, 0.05) is 5.69 Å². The van der Waals surface area contributed by atoms with E-state index in [1.165, 1.54) is 7.11 Å². The average Bonchev–Trinajstić information content (AvgIpc) is 2.72. The third kappa shape index (κ3) is 5.05. The molecular formula is C21H18N2O4S. The van der Waals surface area contributed by atoms with E-state index in [1.54, 1.807) is 24.3 Å². The van der Waals surface area contributed by atoms with Crippen molar-refractivity contribution in [2.75, 3.05) is 19.0 Å². The first-order valence-electron chi connectivity index (χ1n) is 8.46. The quantitative estimate of drug-likeness (QED) is 0.509. The number of methoxy groups -OCH3 is 1. The highest BCUT2D eigenvalue weighted by atomic mass is 32.1. The molecular weight excluding hydrogens is 376 g/mol. The first kappa shape index (κ1) is 19.3. The van der Waals surface area contributed by atoms with Gasteiger partial charge in [-0.15, -0.1) is 0 Å². The average molecular weight is 394 g/mol. The smallest absolute Gasteiger partial charge is 0.337 e. The lowest BCUT2D eigenvalue weighted by Crippen LogP contribution is -2.37. The third-order valence-electron chi connectivity index (χ3n) is 3.91. The summed E-state index contributed by atoms with van der Waals surface area (Å²) >= 11 is 5.18. The van der Waals surface area contributed by atoms with Gasteiger partial charge < -0.3 is 14.8 Å². The van der Waals surface area contributed by atoms with Gasteiger partial charge in [-0.25, -0.2) is 4.79 Å². The van der Waals surface area contributed by atoms with Crippen LogP contribution in [0.1, 0.15) is 10.4 Å². The Morgan fingerprint density at radius 3 is 2.39 bits per heavy atom. The molecule has 3 aromatic rings. The molecule has 7 heteroatoms. The number of esters is 1. The SMILES string of the molecule is COC(=O)c1ccc(OCC(=O)NC(=S)Nc2ccc3ccccc3c2)cc1. The Bertz CT molecular complexity index is 1020. The minimum absolute atomic E-state index is 0.185. The first-order valence-corrected chi connectivity index (χ1v) is 8.87. The summed E-state index contributed by atoms with van der Waals surface area (Å²) in [6.07, 6.45) is 0. The molecule has 0 saturated heterocycles. The molecule has 2 N–H and O–H groups in total. The van der Waals surface area contributed by atoms with Crippen LogP contribution in [0.4, 0.5) is 5.69 Å². The molecule has 28 heavy (non-hydrogen) atoms. The number of hydrogen-bond acceptors (Lipinski definition) is 5. The predicted octanol–water partition coefficient (Wildman–Crippen LogP) is 3.52. The van der Waals surface area contributed by atoms with E-state index in [0.29, 0.717) is 11.3 Å². The number of hydrogen-bond donors (Lipinski definition) is 2. The van der Waals surface area contributed by atoms with Gasteiger partial charge in [-0.05, 0) is 59.4 Å². The van der Waals surface area contributed by atoms with Crippen LogP contribution in [0.2, 0.25) is 0 Å². The predicted molar refractivity (Wildman–Crippen MR) is 112 cm³/mol. The lowest BCUT2D eigenvalue weighted by Gasteiger charge is -2.11. The topological polar surface area (TPSA) is 76.7 Å². The van der Waals surface area contributed by atoms with Crippen molar-refractivity contribution in [1.82, 2.24) is 5.32 Å². The van der Waals surface area contributed by atoms with E-state index in [9.17, 15) is 9.59 Å². The largest absolute Gasteiger partial charge is 0.484 e. The molecule has 0 bridgehead atoms. The molecule has 6 nitrogen and oxygen atoms in total. The molecule has 1 amide bonds. The Morgan fingerprint density at radius 2 is 1.68 bits per heavy atom. The van der Waals surface area contributed by atoms with Gasteiger partial charge in [0.15, 0.2) is 11.7 Å². The molecule has 0 aliphatic heterocycles. The van der Waals surface area contributed by atoms with Crippen LogP contribution in [0.5, 0.6) is 5.75 Å². The lowest BCUT2D eigenvalue weighted by atomic mass is 10.1. The van der Waals surface area contributed by atoms with Crippen LogP contribution in [0, 0.1) is 0 Å². The number of benzene rings is 3. The Labute approximate surface area is 167 Å². The van der Waals surface area contributed by atoms with Crippen molar-refractivity contribution in [3.05, 3.63) is 72.3 Å². The van der Waals surface area contributed by atoms with Crippen molar-refractivity contribution in [2.45, 2.75) is 0 Å². The summed E-state index contributed by atoms with van der Waals surface area (Å²) in [5.74, 6) is -0.374. The zero-order valence-electron chi connectivity index (χ0n) is 15.1. The minimum Gasteiger partial charge on any atom is -0.484 e. The van der Waals surface area contributed by atoms with Crippen LogP contribution >= 0.6 is 12.2 Å². The van der Waals surface area contributed by atoms with Gasteiger partial charge in [0.25, 0.3) is 5.91 Å². The number of anilines is 1. The fourth-order valence-electron chi connectivity index (χ4n) is 2.55. The first-order chi connectivity index (χ1) is 13.5. The van der Waals surface area contributed by atoms with Crippen molar-refractivity contribution in [3.63, 3.8) is 0 Å². The van der Waals surface area contributed by atoms with Gasteiger partial charge in [-0.3, -0.25) is 10.1 Å². The molecule has 0 spiro atoms. The highest BCUT2D eigenvalue weighted by Gasteiger charge is 2.08. The summed E-state index contributed by atoms with van der Waals surface area (Å²) in [5.41, 5.74) is 1.18. The third-order valence-corrected chi connectivity index (χ3v) is 4.11. The van der Waals surface area contributed by atoms with Gasteiger partial charge in [-0.1, -0.05) is 30.3 Å². The highest BCUT2D eigenvalue weighted by molar-refractivity contribution is 7.80. The maximum absolute atomic E-state index is 12.0. The fourth-order valence-corrected chi connectivity index (χ4v) is 2.78. The lowest BCUT2D eigenvalue weighted by molar-refractivity contribution is -0.121. The normalized spacial score (nSPS) is 10.2. The van der Waals surface area contributed by atoms with E-state index in [0.717, 1.165) is 16.5 Å². The van der Waals surface area contributed by atoms with E-state index < -0.39 is 11.9 Å². The molecule has 0 fully saturated rings. The van der Waals surface area contributed by atoms with E-state index in [1.807, 2.05) is 42.5 Å². The second-order valence-corrected chi connectivity index (χ2v) is 6.28. The molecule has 0 aromatic heterocycles. The zero-order chi connectivity index (χ0) is 19.9.